The van der Waals surface area contributed by atoms with Crippen molar-refractivity contribution in [3.63, 3.8) is 0 Å². The molecule has 2 aromatic rings. The Kier molecular flexibility index (Phi) is 5.42. The predicted molar refractivity (Wildman–Crippen MR) is 102 cm³/mol. The first-order valence-electron chi connectivity index (χ1n) is 8.87. The van der Waals surface area contributed by atoms with Gasteiger partial charge in [0.2, 0.25) is 0 Å². The average Bonchev–Trinajstić information content (AvgIpc) is 2.66. The molecule has 2 heterocycles. The maximum absolute atomic E-state index is 12.6. The molecule has 0 saturated carbocycles. The van der Waals surface area contributed by atoms with Crippen molar-refractivity contribution >= 4 is 11.6 Å². The lowest BCUT2D eigenvalue weighted by Gasteiger charge is -2.32. The van der Waals surface area contributed by atoms with Crippen LogP contribution in [0.3, 0.4) is 0 Å². The quantitative estimate of drug-likeness (QED) is 0.911. The van der Waals surface area contributed by atoms with Gasteiger partial charge in [0.15, 0.2) is 0 Å². The largest absolute Gasteiger partial charge is 0.378 e. The number of benzene rings is 1. The van der Waals surface area contributed by atoms with Crippen molar-refractivity contribution in [2.75, 3.05) is 31.2 Å². The van der Waals surface area contributed by atoms with Gasteiger partial charge >= 0.3 is 0 Å². The van der Waals surface area contributed by atoms with Gasteiger partial charge in [0, 0.05) is 43.1 Å². The maximum atomic E-state index is 12.6. The van der Waals surface area contributed by atoms with Crippen molar-refractivity contribution in [1.82, 2.24) is 9.88 Å². The summed E-state index contributed by atoms with van der Waals surface area (Å²) in [5.41, 5.74) is 3.13. The molecule has 1 aromatic carbocycles. The third kappa shape index (κ3) is 3.80. The summed E-state index contributed by atoms with van der Waals surface area (Å²) in [6.45, 7) is 6.88. The highest BCUT2D eigenvalue weighted by atomic mass is 16.5. The number of nitrogens with one attached hydrogen (secondary N) is 1. The van der Waals surface area contributed by atoms with Crippen LogP contribution in [-0.2, 0) is 11.8 Å². The van der Waals surface area contributed by atoms with Crippen LogP contribution in [0.5, 0.6) is 0 Å². The van der Waals surface area contributed by atoms with Crippen molar-refractivity contribution in [3.05, 3.63) is 63.6 Å². The second-order valence-electron chi connectivity index (χ2n) is 6.64. The Morgan fingerprint density at radius 3 is 2.58 bits per heavy atom. The fraction of sp³-hybridized carbons (Fsp3) is 0.400. The van der Waals surface area contributed by atoms with Gasteiger partial charge in [0.1, 0.15) is 0 Å². The molecule has 0 aliphatic carbocycles. The first-order chi connectivity index (χ1) is 12.5. The maximum Gasteiger partial charge on any atom is 0.252 e. The normalized spacial score (nSPS) is 15.6. The highest BCUT2D eigenvalue weighted by Gasteiger charge is 2.19. The zero-order chi connectivity index (χ0) is 18.7. The molecule has 1 aliphatic rings. The van der Waals surface area contributed by atoms with Crippen molar-refractivity contribution in [2.45, 2.75) is 19.9 Å². The Morgan fingerprint density at radius 2 is 1.88 bits per heavy atom. The minimum absolute atomic E-state index is 0.175. The van der Waals surface area contributed by atoms with E-state index in [1.165, 1.54) is 10.6 Å². The van der Waals surface area contributed by atoms with Gasteiger partial charge in [-0.1, -0.05) is 18.2 Å². The number of anilines is 1. The summed E-state index contributed by atoms with van der Waals surface area (Å²) >= 11 is 0. The SMILES string of the molecule is Cc1cc(C(=O)NC(C)c2ccccc2N2CCOCC2)cc(=O)n1C. The van der Waals surface area contributed by atoms with Crippen LogP contribution in [0.1, 0.15) is 34.6 Å². The Bertz CT molecular complexity index is 854. The van der Waals surface area contributed by atoms with Gasteiger partial charge in [0.25, 0.3) is 11.5 Å². The number of amides is 1. The lowest BCUT2D eigenvalue weighted by Crippen LogP contribution is -2.37. The molecule has 3 rings (SSSR count). The average molecular weight is 355 g/mol. The van der Waals surface area contributed by atoms with Gasteiger partial charge in [-0.25, -0.2) is 0 Å². The molecule has 1 N–H and O–H groups in total. The molecule has 1 aliphatic heterocycles. The number of aromatic nitrogens is 1. The predicted octanol–water partition coefficient (Wildman–Crippen LogP) is 2.02. The first kappa shape index (κ1) is 18.2. The zero-order valence-electron chi connectivity index (χ0n) is 15.5. The number of carbonyl (C=O) groups is 1. The lowest BCUT2D eigenvalue weighted by molar-refractivity contribution is 0.0939. The number of ether oxygens (including phenoxy) is 1. The van der Waals surface area contributed by atoms with Gasteiger partial charge in [-0.15, -0.1) is 0 Å². The van der Waals surface area contributed by atoms with E-state index in [0.717, 1.165) is 30.0 Å². The first-order valence-corrected chi connectivity index (χ1v) is 8.87. The van der Waals surface area contributed by atoms with Crippen molar-refractivity contribution in [2.24, 2.45) is 7.05 Å². The number of morpholine rings is 1. The van der Waals surface area contributed by atoms with Crippen LogP contribution in [0, 0.1) is 6.92 Å². The summed E-state index contributed by atoms with van der Waals surface area (Å²) in [4.78, 5) is 26.9. The summed E-state index contributed by atoms with van der Waals surface area (Å²) in [5, 5.41) is 3.02. The molecule has 138 valence electrons. The molecule has 0 bridgehead atoms. The van der Waals surface area contributed by atoms with E-state index in [4.69, 9.17) is 4.74 Å². The number of aryl methyl sites for hydroxylation is 1. The molecule has 26 heavy (non-hydrogen) atoms. The van der Waals surface area contributed by atoms with E-state index >= 15 is 0 Å². The Balaban J connectivity index is 1.81. The number of para-hydroxylation sites is 1. The standard InChI is InChI=1S/C20H25N3O3/c1-14-12-16(13-19(24)22(14)3)20(25)21-15(2)17-6-4-5-7-18(17)23-8-10-26-11-9-23/h4-7,12-13,15H,8-11H2,1-3H3,(H,21,25). The second kappa shape index (κ2) is 7.74. The summed E-state index contributed by atoms with van der Waals surface area (Å²) in [5.74, 6) is -0.241. The molecule has 0 spiro atoms. The van der Waals surface area contributed by atoms with Crippen LogP contribution >= 0.6 is 0 Å². The number of nitrogens with zero attached hydrogens (tertiary/aromatic N) is 2. The minimum Gasteiger partial charge on any atom is -0.378 e. The van der Waals surface area contributed by atoms with Gasteiger partial charge in [0.05, 0.1) is 19.3 Å². The Hall–Kier alpha value is -2.60. The molecule has 1 aromatic heterocycles. The number of carbonyl (C=O) groups excluding carboxylic acids is 1. The third-order valence-corrected chi connectivity index (χ3v) is 4.87. The number of hydrogen-bond donors (Lipinski definition) is 1. The van der Waals surface area contributed by atoms with E-state index in [1.54, 1.807) is 13.1 Å². The summed E-state index contributed by atoms with van der Waals surface area (Å²) < 4.78 is 6.95. The lowest BCUT2D eigenvalue weighted by atomic mass is 10.0. The fourth-order valence-corrected chi connectivity index (χ4v) is 3.20. The van der Waals surface area contributed by atoms with Gasteiger partial charge in [-0.2, -0.15) is 0 Å². The fourth-order valence-electron chi connectivity index (χ4n) is 3.20. The molecule has 6 nitrogen and oxygen atoms in total. The van der Waals surface area contributed by atoms with E-state index in [9.17, 15) is 9.59 Å². The van der Waals surface area contributed by atoms with Gasteiger partial charge in [-0.05, 0) is 31.5 Å². The van der Waals surface area contributed by atoms with Crippen molar-refractivity contribution in [3.8, 4) is 0 Å². The summed E-state index contributed by atoms with van der Waals surface area (Å²) in [7, 11) is 1.69. The topological polar surface area (TPSA) is 63.6 Å². The van der Waals surface area contributed by atoms with Crippen molar-refractivity contribution < 1.29 is 9.53 Å². The molecular weight excluding hydrogens is 330 g/mol. The number of pyridine rings is 1. The molecule has 1 fully saturated rings. The highest BCUT2D eigenvalue weighted by Crippen LogP contribution is 2.27. The zero-order valence-corrected chi connectivity index (χ0v) is 15.5. The van der Waals surface area contributed by atoms with Crippen LogP contribution in [0.2, 0.25) is 0 Å². The van der Waals surface area contributed by atoms with Crippen LogP contribution in [0.25, 0.3) is 0 Å². The van der Waals surface area contributed by atoms with Crippen molar-refractivity contribution in [1.29, 1.82) is 0 Å². The van der Waals surface area contributed by atoms with E-state index in [-0.39, 0.29) is 17.5 Å². The molecule has 1 unspecified atom stereocenters. The number of hydrogen-bond acceptors (Lipinski definition) is 4. The smallest absolute Gasteiger partial charge is 0.252 e. The van der Waals surface area contributed by atoms with E-state index in [0.29, 0.717) is 18.8 Å². The summed E-state index contributed by atoms with van der Waals surface area (Å²) in [6.07, 6.45) is 0. The Morgan fingerprint density at radius 1 is 1.19 bits per heavy atom. The minimum atomic E-state index is -0.241. The molecule has 1 atom stereocenters. The van der Waals surface area contributed by atoms with Gasteiger partial charge < -0.3 is 19.5 Å². The van der Waals surface area contributed by atoms with E-state index in [1.807, 2.05) is 32.0 Å². The van der Waals surface area contributed by atoms with E-state index < -0.39 is 0 Å². The summed E-state index contributed by atoms with van der Waals surface area (Å²) in [6, 6.07) is 11.0. The molecule has 0 radical (unpaired) electrons. The molecule has 1 amide bonds. The highest BCUT2D eigenvalue weighted by molar-refractivity contribution is 5.94. The molecule has 6 heteroatoms. The van der Waals surface area contributed by atoms with Crippen LogP contribution in [-0.4, -0.2) is 36.8 Å². The van der Waals surface area contributed by atoms with Crippen LogP contribution in [0.15, 0.2) is 41.2 Å². The second-order valence-corrected chi connectivity index (χ2v) is 6.64. The molecule has 1 saturated heterocycles. The van der Waals surface area contributed by atoms with Crippen LogP contribution in [0.4, 0.5) is 5.69 Å². The van der Waals surface area contributed by atoms with Gasteiger partial charge in [-0.3, -0.25) is 9.59 Å². The number of rotatable bonds is 4. The monoisotopic (exact) mass is 355 g/mol. The molecular formula is C20H25N3O3. The van der Waals surface area contributed by atoms with Crippen LogP contribution < -0.4 is 15.8 Å². The Labute approximate surface area is 153 Å². The third-order valence-electron chi connectivity index (χ3n) is 4.87. The van der Waals surface area contributed by atoms with E-state index in [2.05, 4.69) is 16.3 Å².